The summed E-state index contributed by atoms with van der Waals surface area (Å²) in [6.07, 6.45) is 1.56. The Morgan fingerprint density at radius 3 is 2.71 bits per heavy atom. The second-order valence-corrected chi connectivity index (χ2v) is 4.46. The molecule has 92 valence electrons. The first-order chi connectivity index (χ1) is 8.14. The highest BCUT2D eigenvalue weighted by Gasteiger charge is 2.38. The van der Waals surface area contributed by atoms with E-state index in [0.29, 0.717) is 19.6 Å². The van der Waals surface area contributed by atoms with Gasteiger partial charge in [-0.15, -0.1) is 0 Å². The van der Waals surface area contributed by atoms with Gasteiger partial charge in [-0.05, 0) is 30.5 Å². The fourth-order valence-corrected chi connectivity index (χ4v) is 1.84. The quantitative estimate of drug-likeness (QED) is 0.828. The van der Waals surface area contributed by atoms with E-state index in [1.807, 2.05) is 24.3 Å². The van der Waals surface area contributed by atoms with Crippen LogP contribution >= 0.6 is 0 Å². The van der Waals surface area contributed by atoms with Crippen LogP contribution in [0, 0.1) is 0 Å². The zero-order valence-electron chi connectivity index (χ0n) is 10.0. The Morgan fingerprint density at radius 2 is 2.18 bits per heavy atom. The number of nitrogens with two attached hydrogens (primary N) is 1. The van der Waals surface area contributed by atoms with Crippen molar-refractivity contribution in [2.24, 2.45) is 5.73 Å². The summed E-state index contributed by atoms with van der Waals surface area (Å²) in [5.74, 6) is -0.167. The Bertz CT molecular complexity index is 394. The van der Waals surface area contributed by atoms with Crippen LogP contribution in [0.15, 0.2) is 24.3 Å². The fraction of sp³-hybridized carbons (Fsp3) is 0.462. The number of ether oxygens (including phenoxy) is 1. The number of amides is 1. The third-order valence-electron chi connectivity index (χ3n) is 3.12. The molecule has 2 rings (SSSR count). The Labute approximate surface area is 101 Å². The van der Waals surface area contributed by atoms with Crippen LogP contribution in [0.3, 0.4) is 0 Å². The Hall–Kier alpha value is -1.39. The van der Waals surface area contributed by atoms with Gasteiger partial charge in [-0.1, -0.05) is 19.1 Å². The van der Waals surface area contributed by atoms with E-state index in [2.05, 4.69) is 12.2 Å². The molecule has 0 radical (unpaired) electrons. The average Bonchev–Trinajstić information content (AvgIpc) is 2.78. The van der Waals surface area contributed by atoms with Crippen molar-refractivity contribution in [3.63, 3.8) is 0 Å². The summed E-state index contributed by atoms with van der Waals surface area (Å²) >= 11 is 0. The van der Waals surface area contributed by atoms with Crippen molar-refractivity contribution >= 4 is 11.6 Å². The van der Waals surface area contributed by atoms with Gasteiger partial charge in [0, 0.05) is 12.3 Å². The molecule has 1 aliphatic rings. The number of rotatable bonds is 3. The topological polar surface area (TPSA) is 64.4 Å². The largest absolute Gasteiger partial charge is 0.379 e. The van der Waals surface area contributed by atoms with E-state index in [1.54, 1.807) is 0 Å². The second kappa shape index (κ2) is 4.85. The number of benzene rings is 1. The van der Waals surface area contributed by atoms with Crippen molar-refractivity contribution in [3.8, 4) is 0 Å². The van der Waals surface area contributed by atoms with Crippen molar-refractivity contribution in [1.82, 2.24) is 0 Å². The summed E-state index contributed by atoms with van der Waals surface area (Å²) in [4.78, 5) is 12.0. The van der Waals surface area contributed by atoms with Gasteiger partial charge in [-0.25, -0.2) is 0 Å². The lowest BCUT2D eigenvalue weighted by Crippen LogP contribution is -2.51. The molecule has 1 unspecified atom stereocenters. The standard InChI is InChI=1S/C13H18N2O2/c1-2-10-3-5-11(6-4-10)15-12(16)13(14)7-8-17-9-13/h3-6H,2,7-9,14H2,1H3,(H,15,16). The maximum absolute atomic E-state index is 12.0. The van der Waals surface area contributed by atoms with Crippen LogP contribution in [0.25, 0.3) is 0 Å². The van der Waals surface area contributed by atoms with Gasteiger partial charge in [0.15, 0.2) is 0 Å². The molecule has 4 nitrogen and oxygen atoms in total. The maximum Gasteiger partial charge on any atom is 0.246 e. The number of hydrogen-bond donors (Lipinski definition) is 2. The second-order valence-electron chi connectivity index (χ2n) is 4.46. The highest BCUT2D eigenvalue weighted by atomic mass is 16.5. The molecule has 1 aliphatic heterocycles. The van der Waals surface area contributed by atoms with Crippen molar-refractivity contribution in [2.75, 3.05) is 18.5 Å². The number of nitrogens with one attached hydrogen (secondary N) is 1. The van der Waals surface area contributed by atoms with Gasteiger partial charge in [0.25, 0.3) is 0 Å². The molecule has 3 N–H and O–H groups in total. The van der Waals surface area contributed by atoms with E-state index < -0.39 is 5.54 Å². The monoisotopic (exact) mass is 234 g/mol. The molecule has 1 fully saturated rings. The molecule has 1 aromatic rings. The molecule has 0 aromatic heterocycles. The highest BCUT2D eigenvalue weighted by molar-refractivity contribution is 5.98. The van der Waals surface area contributed by atoms with Gasteiger partial charge >= 0.3 is 0 Å². The molecule has 0 saturated carbocycles. The summed E-state index contributed by atoms with van der Waals surface area (Å²) in [5, 5.41) is 2.83. The lowest BCUT2D eigenvalue weighted by Gasteiger charge is -2.20. The summed E-state index contributed by atoms with van der Waals surface area (Å²) < 4.78 is 5.17. The number of aryl methyl sites for hydroxylation is 1. The summed E-state index contributed by atoms with van der Waals surface area (Å²) in [6, 6.07) is 7.81. The van der Waals surface area contributed by atoms with Gasteiger partial charge in [-0.3, -0.25) is 4.79 Å². The van der Waals surface area contributed by atoms with Crippen LogP contribution in [-0.2, 0) is 16.0 Å². The predicted octanol–water partition coefficient (Wildman–Crippen LogP) is 1.31. The molecule has 0 spiro atoms. The summed E-state index contributed by atoms with van der Waals surface area (Å²) in [7, 11) is 0. The van der Waals surface area contributed by atoms with Crippen LogP contribution in [0.4, 0.5) is 5.69 Å². The number of hydrogen-bond acceptors (Lipinski definition) is 3. The first kappa shape index (κ1) is 12.1. The normalized spacial score (nSPS) is 23.6. The van der Waals surface area contributed by atoms with Gasteiger partial charge in [0.1, 0.15) is 5.54 Å². The van der Waals surface area contributed by atoms with Crippen molar-refractivity contribution in [3.05, 3.63) is 29.8 Å². The maximum atomic E-state index is 12.0. The minimum absolute atomic E-state index is 0.167. The van der Waals surface area contributed by atoms with Gasteiger partial charge in [-0.2, -0.15) is 0 Å². The third kappa shape index (κ3) is 2.65. The fourth-order valence-electron chi connectivity index (χ4n) is 1.84. The SMILES string of the molecule is CCc1ccc(NC(=O)C2(N)CCOC2)cc1. The van der Waals surface area contributed by atoms with Crippen LogP contribution in [-0.4, -0.2) is 24.7 Å². The summed E-state index contributed by atoms with van der Waals surface area (Å²) in [5.41, 5.74) is 7.12. The van der Waals surface area contributed by atoms with Gasteiger partial charge in [0.05, 0.1) is 6.61 Å². The Balaban J connectivity index is 2.02. The third-order valence-corrected chi connectivity index (χ3v) is 3.12. The van der Waals surface area contributed by atoms with Crippen LogP contribution in [0.2, 0.25) is 0 Å². The lowest BCUT2D eigenvalue weighted by molar-refractivity contribution is -0.121. The zero-order chi connectivity index (χ0) is 12.3. The van der Waals surface area contributed by atoms with Crippen molar-refractivity contribution in [1.29, 1.82) is 0 Å². The number of carbonyl (C=O) groups excluding carboxylic acids is 1. The first-order valence-corrected chi connectivity index (χ1v) is 5.91. The molecule has 1 atom stereocenters. The Morgan fingerprint density at radius 1 is 1.47 bits per heavy atom. The molecular formula is C13H18N2O2. The summed E-state index contributed by atoms with van der Waals surface area (Å²) in [6.45, 7) is 2.95. The molecule has 0 aliphatic carbocycles. The Kier molecular flexibility index (Phi) is 3.45. The molecule has 1 amide bonds. The smallest absolute Gasteiger partial charge is 0.246 e. The van der Waals surface area contributed by atoms with Crippen LogP contribution in [0.1, 0.15) is 18.9 Å². The molecule has 1 heterocycles. The van der Waals surface area contributed by atoms with E-state index in [1.165, 1.54) is 5.56 Å². The molecule has 4 heteroatoms. The minimum Gasteiger partial charge on any atom is -0.379 e. The van der Waals surface area contributed by atoms with Crippen molar-refractivity contribution < 1.29 is 9.53 Å². The van der Waals surface area contributed by atoms with Crippen molar-refractivity contribution in [2.45, 2.75) is 25.3 Å². The highest BCUT2D eigenvalue weighted by Crippen LogP contribution is 2.18. The van der Waals surface area contributed by atoms with Gasteiger partial charge in [0.2, 0.25) is 5.91 Å². The molecule has 0 bridgehead atoms. The molecular weight excluding hydrogens is 216 g/mol. The minimum atomic E-state index is -0.872. The number of anilines is 1. The lowest BCUT2D eigenvalue weighted by atomic mass is 9.99. The van der Waals surface area contributed by atoms with Crippen LogP contribution < -0.4 is 11.1 Å². The van der Waals surface area contributed by atoms with E-state index in [9.17, 15) is 4.79 Å². The average molecular weight is 234 g/mol. The van der Waals surface area contributed by atoms with E-state index in [4.69, 9.17) is 10.5 Å². The number of carbonyl (C=O) groups is 1. The van der Waals surface area contributed by atoms with E-state index >= 15 is 0 Å². The van der Waals surface area contributed by atoms with Gasteiger partial charge < -0.3 is 15.8 Å². The molecule has 1 saturated heterocycles. The zero-order valence-corrected chi connectivity index (χ0v) is 10.0. The molecule has 17 heavy (non-hydrogen) atoms. The van der Waals surface area contributed by atoms with Crippen LogP contribution in [0.5, 0.6) is 0 Å². The molecule has 1 aromatic carbocycles. The van der Waals surface area contributed by atoms with E-state index in [0.717, 1.165) is 12.1 Å². The first-order valence-electron chi connectivity index (χ1n) is 5.91. The van der Waals surface area contributed by atoms with E-state index in [-0.39, 0.29) is 5.91 Å². The predicted molar refractivity (Wildman–Crippen MR) is 66.8 cm³/mol.